The Morgan fingerprint density at radius 1 is 1.21 bits per heavy atom. The van der Waals surface area contributed by atoms with Crippen LogP contribution in [-0.4, -0.2) is 42.0 Å². The van der Waals surface area contributed by atoms with E-state index in [9.17, 15) is 0 Å². The molecule has 3 heterocycles. The molecular formula is C18H21N5O. The molecule has 0 amide bonds. The van der Waals surface area contributed by atoms with Crippen LogP contribution in [0.5, 0.6) is 0 Å². The fraction of sp³-hybridized carbons (Fsp3) is 0.389. The number of nitrogens with one attached hydrogen (secondary N) is 1. The molecule has 2 aromatic rings. The molecule has 2 aromatic heterocycles. The summed E-state index contributed by atoms with van der Waals surface area (Å²) in [5.74, 6) is 1.43. The van der Waals surface area contributed by atoms with E-state index in [0.717, 1.165) is 35.7 Å². The normalized spacial score (nSPS) is 17.8. The number of nitrogens with two attached hydrogens (primary N) is 1. The topological polar surface area (TPSA) is 88.1 Å². The Balaban J connectivity index is 1.63. The van der Waals surface area contributed by atoms with Gasteiger partial charge in [0.1, 0.15) is 5.82 Å². The molecule has 3 N–H and O–H groups in total. The number of pyridine rings is 2. The highest BCUT2D eigenvalue weighted by molar-refractivity contribution is 6.14. The van der Waals surface area contributed by atoms with Crippen molar-refractivity contribution in [3.05, 3.63) is 47.4 Å². The first-order valence-corrected chi connectivity index (χ1v) is 8.36. The number of nitrogens with zero attached hydrogens (tertiary/aromatic N) is 3. The molecule has 1 saturated carbocycles. The minimum Gasteiger partial charge on any atom is -0.397 e. The van der Waals surface area contributed by atoms with Crippen LogP contribution in [0.15, 0.2) is 30.6 Å². The van der Waals surface area contributed by atoms with Crippen LogP contribution in [0.4, 0.5) is 11.5 Å². The Labute approximate surface area is 141 Å². The lowest BCUT2D eigenvalue weighted by atomic mass is 10.0. The van der Waals surface area contributed by atoms with Crippen LogP contribution >= 0.6 is 0 Å². The van der Waals surface area contributed by atoms with Crippen molar-refractivity contribution in [2.45, 2.75) is 18.8 Å². The quantitative estimate of drug-likeness (QED) is 0.842. The van der Waals surface area contributed by atoms with Crippen LogP contribution < -0.4 is 10.6 Å². The lowest BCUT2D eigenvalue weighted by Gasteiger charge is -2.28. The van der Waals surface area contributed by atoms with Crippen molar-refractivity contribution in [3.63, 3.8) is 0 Å². The molecule has 2 aliphatic rings. The summed E-state index contributed by atoms with van der Waals surface area (Å²) < 4.78 is 5.39. The van der Waals surface area contributed by atoms with Gasteiger partial charge in [-0.25, -0.2) is 4.98 Å². The maximum absolute atomic E-state index is 8.60. The number of hydrogen-bond donors (Lipinski definition) is 2. The molecule has 6 heteroatoms. The van der Waals surface area contributed by atoms with Gasteiger partial charge < -0.3 is 15.4 Å². The summed E-state index contributed by atoms with van der Waals surface area (Å²) in [4.78, 5) is 11.0. The average molecular weight is 323 g/mol. The van der Waals surface area contributed by atoms with Crippen molar-refractivity contribution in [1.29, 1.82) is 5.41 Å². The third-order valence-corrected chi connectivity index (χ3v) is 4.59. The fourth-order valence-corrected chi connectivity index (χ4v) is 3.00. The van der Waals surface area contributed by atoms with Crippen molar-refractivity contribution in [2.75, 3.05) is 36.9 Å². The predicted molar refractivity (Wildman–Crippen MR) is 93.8 cm³/mol. The van der Waals surface area contributed by atoms with E-state index in [1.807, 2.05) is 18.2 Å². The number of anilines is 2. The maximum Gasteiger partial charge on any atom is 0.129 e. The van der Waals surface area contributed by atoms with Crippen molar-refractivity contribution < 1.29 is 4.74 Å². The molecule has 0 atom stereocenters. The zero-order chi connectivity index (χ0) is 16.5. The Morgan fingerprint density at radius 3 is 2.75 bits per heavy atom. The van der Waals surface area contributed by atoms with E-state index in [-0.39, 0.29) is 0 Å². The summed E-state index contributed by atoms with van der Waals surface area (Å²) in [6, 6.07) is 5.80. The van der Waals surface area contributed by atoms with Gasteiger partial charge in [-0.15, -0.1) is 0 Å². The summed E-state index contributed by atoms with van der Waals surface area (Å²) in [5.41, 5.74) is 9.69. The van der Waals surface area contributed by atoms with Crippen LogP contribution in [0.2, 0.25) is 0 Å². The maximum atomic E-state index is 8.60. The SMILES string of the molecule is N=C(c1ccnc(N2CCOCC2)c1)c1cc(C2CC2)ncc1N. The number of aromatic nitrogens is 2. The van der Waals surface area contributed by atoms with Gasteiger partial charge in [0.15, 0.2) is 0 Å². The standard InChI is InChI=1S/C18H21N5O/c19-15-11-22-16(12-1-2-12)10-14(15)18(20)13-3-4-21-17(9-13)23-5-7-24-8-6-23/h3-4,9-12,20H,1-2,5-8,19H2. The van der Waals surface area contributed by atoms with Gasteiger partial charge in [-0.1, -0.05) is 0 Å². The second kappa shape index (κ2) is 6.20. The van der Waals surface area contributed by atoms with Gasteiger partial charge in [0.05, 0.1) is 30.8 Å². The highest BCUT2D eigenvalue weighted by Crippen LogP contribution is 2.39. The number of hydrogen-bond acceptors (Lipinski definition) is 6. The smallest absolute Gasteiger partial charge is 0.129 e. The first-order valence-electron chi connectivity index (χ1n) is 8.36. The molecular weight excluding hydrogens is 302 g/mol. The third-order valence-electron chi connectivity index (χ3n) is 4.59. The zero-order valence-electron chi connectivity index (χ0n) is 13.5. The molecule has 6 nitrogen and oxygen atoms in total. The molecule has 2 fully saturated rings. The van der Waals surface area contributed by atoms with Gasteiger partial charge in [-0.05, 0) is 31.0 Å². The van der Waals surface area contributed by atoms with Crippen LogP contribution in [0.1, 0.15) is 35.6 Å². The van der Waals surface area contributed by atoms with Crippen molar-refractivity contribution >= 4 is 17.2 Å². The molecule has 1 saturated heterocycles. The van der Waals surface area contributed by atoms with Gasteiger partial charge in [-0.2, -0.15) is 0 Å². The summed E-state index contributed by atoms with van der Waals surface area (Å²) in [6.07, 6.45) is 5.80. The average Bonchev–Trinajstić information content (AvgIpc) is 3.48. The number of rotatable bonds is 4. The molecule has 4 rings (SSSR count). The van der Waals surface area contributed by atoms with E-state index >= 15 is 0 Å². The van der Waals surface area contributed by atoms with Crippen molar-refractivity contribution in [1.82, 2.24) is 9.97 Å². The zero-order valence-corrected chi connectivity index (χ0v) is 13.5. The molecule has 124 valence electrons. The van der Waals surface area contributed by atoms with Gasteiger partial charge in [0.25, 0.3) is 0 Å². The van der Waals surface area contributed by atoms with Gasteiger partial charge >= 0.3 is 0 Å². The van der Waals surface area contributed by atoms with Gasteiger partial charge in [0.2, 0.25) is 0 Å². The number of ether oxygens (including phenoxy) is 1. The number of morpholine rings is 1. The van der Waals surface area contributed by atoms with E-state index in [1.165, 1.54) is 12.8 Å². The lowest BCUT2D eigenvalue weighted by molar-refractivity contribution is 0.122. The Morgan fingerprint density at radius 2 is 2.00 bits per heavy atom. The minimum atomic E-state index is 0.425. The van der Waals surface area contributed by atoms with Crippen LogP contribution in [0.3, 0.4) is 0 Å². The summed E-state index contributed by atoms with van der Waals surface area (Å²) in [6.45, 7) is 3.08. The highest BCUT2D eigenvalue weighted by atomic mass is 16.5. The van der Waals surface area contributed by atoms with E-state index in [2.05, 4.69) is 14.9 Å². The fourth-order valence-electron chi connectivity index (χ4n) is 3.00. The van der Waals surface area contributed by atoms with E-state index < -0.39 is 0 Å². The van der Waals surface area contributed by atoms with E-state index in [1.54, 1.807) is 12.4 Å². The Kier molecular flexibility index (Phi) is 3.90. The van der Waals surface area contributed by atoms with Gasteiger partial charge in [-0.3, -0.25) is 10.4 Å². The second-order valence-corrected chi connectivity index (χ2v) is 6.35. The summed E-state index contributed by atoms with van der Waals surface area (Å²) in [7, 11) is 0. The largest absolute Gasteiger partial charge is 0.397 e. The molecule has 24 heavy (non-hydrogen) atoms. The summed E-state index contributed by atoms with van der Waals surface area (Å²) in [5, 5.41) is 8.60. The monoisotopic (exact) mass is 323 g/mol. The van der Waals surface area contributed by atoms with E-state index in [4.69, 9.17) is 15.9 Å². The Hall–Kier alpha value is -2.47. The lowest BCUT2D eigenvalue weighted by Crippen LogP contribution is -2.36. The summed E-state index contributed by atoms with van der Waals surface area (Å²) >= 11 is 0. The number of nitrogen functional groups attached to an aromatic ring is 1. The van der Waals surface area contributed by atoms with Crippen molar-refractivity contribution in [3.8, 4) is 0 Å². The van der Waals surface area contributed by atoms with Crippen LogP contribution in [0.25, 0.3) is 0 Å². The van der Waals surface area contributed by atoms with Crippen molar-refractivity contribution in [2.24, 2.45) is 0 Å². The highest BCUT2D eigenvalue weighted by Gasteiger charge is 2.26. The predicted octanol–water partition coefficient (Wildman–Crippen LogP) is 2.19. The molecule has 0 aromatic carbocycles. The minimum absolute atomic E-state index is 0.425. The molecule has 0 bridgehead atoms. The van der Waals surface area contributed by atoms with Crippen LogP contribution in [-0.2, 0) is 4.74 Å². The second-order valence-electron chi connectivity index (χ2n) is 6.35. The molecule has 0 radical (unpaired) electrons. The Bertz CT molecular complexity index is 766. The van der Waals surface area contributed by atoms with E-state index in [0.29, 0.717) is 30.5 Å². The molecule has 0 unspecified atom stereocenters. The molecule has 0 spiro atoms. The van der Waals surface area contributed by atoms with Gasteiger partial charge in [0, 0.05) is 42.0 Å². The molecule has 1 aliphatic heterocycles. The third kappa shape index (κ3) is 2.97. The van der Waals surface area contributed by atoms with Crippen LogP contribution in [0, 0.1) is 5.41 Å². The first-order chi connectivity index (χ1) is 11.7. The first kappa shape index (κ1) is 15.1. The molecule has 1 aliphatic carbocycles.